The van der Waals surface area contributed by atoms with Gasteiger partial charge in [-0.1, -0.05) is 98.8 Å². The number of quaternary nitrogens is 2. The Hall–Kier alpha value is -5.61. The Kier molecular flexibility index (Phi) is 24.2. The highest BCUT2D eigenvalue weighted by Crippen LogP contribution is 2.43. The molecule has 4 fully saturated rings. The number of aliphatic carboxylic acids is 2. The number of benzene rings is 3. The van der Waals surface area contributed by atoms with Gasteiger partial charge in [-0.3, -0.25) is 0 Å². The highest BCUT2D eigenvalue weighted by molar-refractivity contribution is 7.99. The molecule has 2 aliphatic heterocycles. The summed E-state index contributed by atoms with van der Waals surface area (Å²) in [7, 11) is 2.22. The van der Waals surface area contributed by atoms with Crippen molar-refractivity contribution in [3.8, 4) is 5.75 Å². The van der Waals surface area contributed by atoms with Crippen molar-refractivity contribution in [2.45, 2.75) is 131 Å². The molecule has 79 heavy (non-hydrogen) atoms. The van der Waals surface area contributed by atoms with Crippen LogP contribution in [-0.4, -0.2) is 133 Å². The number of rotatable bonds is 19. The van der Waals surface area contributed by atoms with Crippen LogP contribution in [-0.2, 0) is 39.9 Å². The summed E-state index contributed by atoms with van der Waals surface area (Å²) in [5.41, 5.74) is -2.57. The summed E-state index contributed by atoms with van der Waals surface area (Å²) in [6.07, 6.45) is 3.28. The van der Waals surface area contributed by atoms with E-state index in [4.69, 9.17) is 38.4 Å². The molecule has 0 spiro atoms. The first-order valence-electron chi connectivity index (χ1n) is 27.0. The number of carboxylic acid groups (broad SMARTS) is 2. The molecule has 2 saturated heterocycles. The molecular formula is C58H74F6N2O12S. The lowest BCUT2D eigenvalue weighted by Gasteiger charge is -2.36. The van der Waals surface area contributed by atoms with Crippen LogP contribution in [0.3, 0.4) is 0 Å². The predicted molar refractivity (Wildman–Crippen MR) is 277 cm³/mol. The van der Waals surface area contributed by atoms with Crippen LogP contribution in [0.25, 0.3) is 0 Å². The van der Waals surface area contributed by atoms with Gasteiger partial charge in [-0.05, 0) is 74.6 Å². The highest BCUT2D eigenvalue weighted by atomic mass is 32.2. The summed E-state index contributed by atoms with van der Waals surface area (Å²) in [6, 6.07) is 33.2. The van der Waals surface area contributed by atoms with Gasteiger partial charge in [0.1, 0.15) is 36.5 Å². The van der Waals surface area contributed by atoms with Gasteiger partial charge in [0.2, 0.25) is 5.60 Å². The Bertz CT molecular complexity index is 2440. The predicted octanol–water partition coefficient (Wildman–Crippen LogP) is 8.27. The second-order valence-corrected chi connectivity index (χ2v) is 22.1. The maximum atomic E-state index is 13.4. The number of aliphatic hydroxyl groups is 2. The van der Waals surface area contributed by atoms with Crippen LogP contribution in [0, 0.1) is 11.8 Å². The number of ether oxygens (including phenoxy) is 3. The average molecular weight is 1140 g/mol. The molecule has 0 amide bonds. The molecule has 0 radical (unpaired) electrons. The standard InChI is InChI=1S/C27H38NO4S.C27H36NO4.2C2HF3O2/c1-2-28(17-10-20-33-24-13-7-4-8-14-24)18-16-23(21-28)32-26(29)27(30,25-15-9-19-31-25)22-11-5-3-6-12-22;1-28(18-10-20-31-24-15-6-3-7-16-24)19-17-25(21-28)32-26(29)27(30,23-13-8-9-14-23)22-11-4-2-5-12-22;2*3-2(4,5)1(6)7/h4,7-9,13-15,19,22-23,30H,2-3,5-6,10-12,16-18,20-21H2,1H3;2-7,11-12,15-16,23,25,30H,8-10,13-14,17-21H2,1H3;2*(H,6,7)/q2*+1;;/p-2. The Labute approximate surface area is 462 Å². The topological polar surface area (TPSA) is 196 Å². The van der Waals surface area contributed by atoms with E-state index in [9.17, 15) is 46.1 Å². The van der Waals surface area contributed by atoms with Crippen LogP contribution >= 0.6 is 11.8 Å². The van der Waals surface area contributed by atoms with Crippen molar-refractivity contribution in [3.05, 3.63) is 121 Å². The zero-order valence-electron chi connectivity index (χ0n) is 44.8. The van der Waals surface area contributed by atoms with E-state index < -0.39 is 47.4 Å². The highest BCUT2D eigenvalue weighted by Gasteiger charge is 2.52. The molecular weight excluding hydrogens is 1060 g/mol. The molecule has 0 bridgehead atoms. The second kappa shape index (κ2) is 29.7. The second-order valence-electron chi connectivity index (χ2n) is 21.0. The third-order valence-corrected chi connectivity index (χ3v) is 16.4. The molecule has 2 saturated carbocycles. The molecule has 1 aromatic heterocycles. The summed E-state index contributed by atoms with van der Waals surface area (Å²) in [6.45, 7) is 9.62. The maximum Gasteiger partial charge on any atom is 0.430 e. The number of likely N-dealkylation sites (N-methyl/N-ethyl adjacent to an activating group) is 2. The lowest BCUT2D eigenvalue weighted by Crippen LogP contribution is -2.49. The van der Waals surface area contributed by atoms with Gasteiger partial charge >= 0.3 is 24.3 Å². The molecule has 21 heteroatoms. The minimum atomic E-state index is -5.19. The van der Waals surface area contributed by atoms with Gasteiger partial charge in [0.15, 0.2) is 17.8 Å². The number of furan rings is 1. The van der Waals surface area contributed by atoms with Crippen molar-refractivity contribution in [2.75, 3.05) is 65.2 Å². The van der Waals surface area contributed by atoms with E-state index >= 15 is 0 Å². The Morgan fingerprint density at radius 2 is 1.13 bits per heavy atom. The maximum absolute atomic E-state index is 13.4. The summed E-state index contributed by atoms with van der Waals surface area (Å²) in [5.74, 6) is -4.91. The smallest absolute Gasteiger partial charge is 0.430 e. The summed E-state index contributed by atoms with van der Waals surface area (Å²) in [5, 5.41) is 40.8. The largest absolute Gasteiger partial charge is 0.542 e. The van der Waals surface area contributed by atoms with Crippen molar-refractivity contribution in [2.24, 2.45) is 11.8 Å². The number of alkyl halides is 6. The first-order valence-corrected chi connectivity index (χ1v) is 28.0. The van der Waals surface area contributed by atoms with Crippen molar-refractivity contribution in [1.82, 2.24) is 0 Å². The van der Waals surface area contributed by atoms with Crippen LogP contribution in [0.5, 0.6) is 5.75 Å². The van der Waals surface area contributed by atoms with Crippen LogP contribution in [0.1, 0.15) is 102 Å². The van der Waals surface area contributed by atoms with Crippen molar-refractivity contribution in [1.29, 1.82) is 0 Å². The van der Waals surface area contributed by atoms with E-state index in [0.717, 1.165) is 150 Å². The molecule has 6 unspecified atom stereocenters. The summed E-state index contributed by atoms with van der Waals surface area (Å²) < 4.78 is 88.3. The van der Waals surface area contributed by atoms with E-state index in [2.05, 4.69) is 38.2 Å². The number of carbonyl (C=O) groups excluding carboxylic acids is 4. The van der Waals surface area contributed by atoms with Crippen molar-refractivity contribution < 1.29 is 93.5 Å². The third kappa shape index (κ3) is 19.0. The van der Waals surface area contributed by atoms with E-state index in [-0.39, 0.29) is 24.0 Å². The van der Waals surface area contributed by atoms with E-state index in [1.807, 2.05) is 78.5 Å². The molecule has 4 aliphatic rings. The van der Waals surface area contributed by atoms with Gasteiger partial charge in [0.25, 0.3) is 0 Å². The van der Waals surface area contributed by atoms with Crippen LogP contribution in [0.15, 0.2) is 119 Å². The van der Waals surface area contributed by atoms with Crippen molar-refractivity contribution in [3.63, 3.8) is 0 Å². The van der Waals surface area contributed by atoms with E-state index in [1.54, 1.807) is 12.1 Å². The Morgan fingerprint density at radius 1 is 0.633 bits per heavy atom. The Morgan fingerprint density at radius 3 is 1.66 bits per heavy atom. The number of carbonyl (C=O) groups is 4. The monoisotopic (exact) mass is 1140 g/mol. The Balaban J connectivity index is 0.000000234. The third-order valence-electron chi connectivity index (χ3n) is 15.4. The normalized spacial score (nSPS) is 23.0. The summed E-state index contributed by atoms with van der Waals surface area (Å²) in [4.78, 5) is 45.6. The van der Waals surface area contributed by atoms with Crippen LogP contribution < -0.4 is 14.9 Å². The molecule has 4 aromatic rings. The first kappa shape index (κ1) is 64.2. The average Bonchev–Trinajstić information content (AvgIpc) is 4.32. The number of para-hydroxylation sites is 1. The van der Waals surface area contributed by atoms with Crippen LogP contribution in [0.2, 0.25) is 0 Å². The number of carboxylic acids is 2. The van der Waals surface area contributed by atoms with Gasteiger partial charge in [-0.15, -0.1) is 11.8 Å². The van der Waals surface area contributed by atoms with Crippen LogP contribution in [0.4, 0.5) is 26.3 Å². The number of likely N-dealkylation sites (tertiary alicyclic amines) is 2. The molecule has 2 aliphatic carbocycles. The molecule has 2 N–H and O–H groups in total. The fraction of sp³-hybridized carbons (Fsp3) is 0.552. The number of esters is 2. The van der Waals surface area contributed by atoms with Gasteiger partial charge in [-0.25, -0.2) is 9.59 Å². The molecule has 3 aromatic carbocycles. The number of hydrogen-bond acceptors (Lipinski definition) is 13. The summed E-state index contributed by atoms with van der Waals surface area (Å²) >= 11 is 1.90. The van der Waals surface area contributed by atoms with Gasteiger partial charge in [0, 0.05) is 48.2 Å². The molecule has 14 nitrogen and oxygen atoms in total. The SMILES string of the molecule is CC[N+]1(CCCSc2ccccc2)CCC(OC(=O)C(O)(c2ccco2)C2CCCCC2)C1.C[N+]1(CCCOc2ccccc2)CCC(OC(=O)C(O)(c2ccccc2)C2CCCC2)C1.O=C([O-])C(F)(F)F.O=C([O-])C(F)(F)F. The molecule has 8 rings (SSSR count). The van der Waals surface area contributed by atoms with Gasteiger partial charge in [0.05, 0.1) is 52.6 Å². The zero-order valence-corrected chi connectivity index (χ0v) is 45.6. The minimum Gasteiger partial charge on any atom is -0.542 e. The fourth-order valence-corrected chi connectivity index (χ4v) is 11.8. The molecule has 6 atom stereocenters. The quantitative estimate of drug-likeness (QED) is 0.0300. The number of nitrogens with zero attached hydrogens (tertiary/aromatic N) is 2. The number of thioether (sulfide) groups is 1. The minimum absolute atomic E-state index is 0.0742. The fourth-order valence-electron chi connectivity index (χ4n) is 11.0. The zero-order chi connectivity index (χ0) is 57.7. The van der Waals surface area contributed by atoms with E-state index in [0.29, 0.717) is 17.9 Å². The van der Waals surface area contributed by atoms with Crippen molar-refractivity contribution >= 4 is 35.6 Å². The number of hydrogen-bond donors (Lipinski definition) is 2. The lowest BCUT2D eigenvalue weighted by atomic mass is 9.75. The van der Waals surface area contributed by atoms with Gasteiger partial charge in [-0.2, -0.15) is 26.3 Å². The molecule has 3 heterocycles. The van der Waals surface area contributed by atoms with E-state index in [1.165, 1.54) is 11.2 Å². The first-order chi connectivity index (χ1) is 37.4. The number of halogens is 6. The molecule has 436 valence electrons. The lowest BCUT2D eigenvalue weighted by molar-refractivity contribution is -0.916. The van der Waals surface area contributed by atoms with Gasteiger partial charge < -0.3 is 57.6 Å².